The highest BCUT2D eigenvalue weighted by molar-refractivity contribution is 7.30. The van der Waals surface area contributed by atoms with E-state index in [0.29, 0.717) is 0 Å². The van der Waals surface area contributed by atoms with Crippen molar-refractivity contribution in [2.45, 2.75) is 90.9 Å². The van der Waals surface area contributed by atoms with Gasteiger partial charge in [-0.3, -0.25) is 0 Å². The first-order valence-corrected chi connectivity index (χ1v) is 8.66. The van der Waals surface area contributed by atoms with Crippen LogP contribution in [0.3, 0.4) is 0 Å². The summed E-state index contributed by atoms with van der Waals surface area (Å²) in [6.07, 6.45) is 17.4. The van der Waals surface area contributed by atoms with Gasteiger partial charge in [-0.15, -0.1) is 9.79 Å². The molecule has 0 aliphatic heterocycles. The minimum atomic E-state index is -2.87. The lowest BCUT2D eigenvalue weighted by Crippen LogP contribution is -1.81. The largest absolute Gasteiger partial charge is 0.692 e. The van der Waals surface area contributed by atoms with Crippen molar-refractivity contribution in [1.29, 1.82) is 0 Å². The van der Waals surface area contributed by atoms with Crippen LogP contribution in [0.1, 0.15) is 90.9 Å². The summed E-state index contributed by atoms with van der Waals surface area (Å²) < 4.78 is 8.70. The summed E-state index contributed by atoms with van der Waals surface area (Å²) in [5, 5.41) is 0. The molecule has 0 atom stereocenters. The summed E-state index contributed by atoms with van der Waals surface area (Å²) in [5.74, 6) is 0. The first kappa shape index (κ1) is 20.3. The van der Waals surface area contributed by atoms with E-state index in [1.54, 1.807) is 0 Å². The standard InChI is InChI=1S/C14H30.HO3P/c1-3-5-7-9-11-13-14-12-10-8-6-4-2;1-4(2)3/h3-14H2,1-2H3;(H-,1,2,3)/p+1. The van der Waals surface area contributed by atoms with E-state index in [9.17, 15) is 0 Å². The van der Waals surface area contributed by atoms with Gasteiger partial charge in [-0.05, 0) is 0 Å². The molecule has 0 aromatic carbocycles. The van der Waals surface area contributed by atoms with Crippen LogP contribution >= 0.6 is 8.25 Å². The third-order valence-corrected chi connectivity index (χ3v) is 2.96. The van der Waals surface area contributed by atoms with E-state index < -0.39 is 8.25 Å². The molecule has 0 aliphatic rings. The van der Waals surface area contributed by atoms with Crippen molar-refractivity contribution in [3.63, 3.8) is 0 Å². The fourth-order valence-electron chi connectivity index (χ4n) is 1.91. The highest BCUT2D eigenvalue weighted by atomic mass is 31.1. The summed E-state index contributed by atoms with van der Waals surface area (Å²) in [5.41, 5.74) is 0. The van der Waals surface area contributed by atoms with Crippen LogP contribution < -0.4 is 0 Å². The molecule has 110 valence electrons. The van der Waals surface area contributed by atoms with Crippen LogP contribution in [0, 0.1) is 0 Å². The van der Waals surface area contributed by atoms with Gasteiger partial charge in [-0.1, -0.05) is 90.9 Å². The van der Waals surface area contributed by atoms with Crippen LogP contribution in [0.4, 0.5) is 0 Å². The van der Waals surface area contributed by atoms with Gasteiger partial charge >= 0.3 is 8.25 Å². The smallest absolute Gasteiger partial charge is 0.134 e. The van der Waals surface area contributed by atoms with Crippen LogP contribution in [0.2, 0.25) is 0 Å². The second-order valence-corrected chi connectivity index (χ2v) is 5.29. The van der Waals surface area contributed by atoms with E-state index in [-0.39, 0.29) is 0 Å². The Hall–Kier alpha value is 0.0200. The summed E-state index contributed by atoms with van der Waals surface area (Å²) >= 11 is 0. The summed E-state index contributed by atoms with van der Waals surface area (Å²) in [6.45, 7) is 4.57. The van der Waals surface area contributed by atoms with Crippen LogP contribution in [0.15, 0.2) is 0 Å². The summed E-state index contributed by atoms with van der Waals surface area (Å²) in [6, 6.07) is 0. The van der Waals surface area contributed by atoms with Crippen LogP contribution in [-0.2, 0) is 4.57 Å². The fourth-order valence-corrected chi connectivity index (χ4v) is 1.91. The van der Waals surface area contributed by atoms with Crippen LogP contribution in [-0.4, -0.2) is 9.79 Å². The summed E-state index contributed by atoms with van der Waals surface area (Å²) in [4.78, 5) is 14.2. The molecule has 0 heterocycles. The maximum Gasteiger partial charge on any atom is 0.692 e. The van der Waals surface area contributed by atoms with Crippen LogP contribution in [0.5, 0.6) is 0 Å². The molecule has 0 spiro atoms. The maximum atomic E-state index is 8.70. The van der Waals surface area contributed by atoms with Crippen molar-refractivity contribution < 1.29 is 14.4 Å². The first-order valence-electron chi connectivity index (χ1n) is 7.50. The van der Waals surface area contributed by atoms with Crippen molar-refractivity contribution in [1.82, 2.24) is 0 Å². The minimum Gasteiger partial charge on any atom is -0.134 e. The van der Waals surface area contributed by atoms with Crippen molar-refractivity contribution in [2.24, 2.45) is 0 Å². The SMILES string of the molecule is CCCCCCCCCCCCCC.O=[P+](O)O. The Bertz CT molecular complexity index is 147. The Kier molecular flexibility index (Phi) is 21.9. The van der Waals surface area contributed by atoms with E-state index in [2.05, 4.69) is 13.8 Å². The second kappa shape index (κ2) is 19.4. The van der Waals surface area contributed by atoms with Gasteiger partial charge in [0.05, 0.1) is 0 Å². The Morgan fingerprint density at radius 3 is 0.944 bits per heavy atom. The molecular weight excluding hydrogens is 247 g/mol. The molecule has 0 bridgehead atoms. The zero-order valence-corrected chi connectivity index (χ0v) is 13.1. The normalized spacial score (nSPS) is 9.78. The number of hydrogen-bond donors (Lipinski definition) is 2. The maximum absolute atomic E-state index is 8.70. The molecule has 4 heteroatoms. The van der Waals surface area contributed by atoms with Gasteiger partial charge < -0.3 is 0 Å². The Labute approximate surface area is 114 Å². The predicted molar refractivity (Wildman–Crippen MR) is 78.8 cm³/mol. The zero-order chi connectivity index (χ0) is 14.1. The summed E-state index contributed by atoms with van der Waals surface area (Å²) in [7, 11) is -2.87. The lowest BCUT2D eigenvalue weighted by molar-refractivity contribution is 0.405. The number of rotatable bonds is 11. The third-order valence-electron chi connectivity index (χ3n) is 2.96. The third kappa shape index (κ3) is 29.8. The van der Waals surface area contributed by atoms with Gasteiger partial charge in [0.1, 0.15) is 0 Å². The van der Waals surface area contributed by atoms with Gasteiger partial charge in [0.2, 0.25) is 0 Å². The fraction of sp³-hybridized carbons (Fsp3) is 1.00. The molecule has 0 aromatic heterocycles. The van der Waals surface area contributed by atoms with Crippen molar-refractivity contribution >= 4 is 8.25 Å². The minimum absolute atomic E-state index is 1.37. The van der Waals surface area contributed by atoms with E-state index in [1.165, 1.54) is 77.0 Å². The lowest BCUT2D eigenvalue weighted by atomic mass is 10.1. The second-order valence-electron chi connectivity index (χ2n) is 4.79. The van der Waals surface area contributed by atoms with Gasteiger partial charge in [-0.25, -0.2) is 0 Å². The van der Waals surface area contributed by atoms with E-state index >= 15 is 0 Å². The number of hydrogen-bond acceptors (Lipinski definition) is 1. The molecule has 3 nitrogen and oxygen atoms in total. The van der Waals surface area contributed by atoms with Crippen molar-refractivity contribution in [2.75, 3.05) is 0 Å². The number of unbranched alkanes of at least 4 members (excludes halogenated alkanes) is 11. The van der Waals surface area contributed by atoms with E-state index in [4.69, 9.17) is 14.4 Å². The highest BCUT2D eigenvalue weighted by Gasteiger charge is 1.93. The molecular formula is C14H32O3P+. The lowest BCUT2D eigenvalue weighted by Gasteiger charge is -2.01. The Morgan fingerprint density at radius 2 is 0.778 bits per heavy atom. The van der Waals surface area contributed by atoms with Crippen LogP contribution in [0.25, 0.3) is 0 Å². The van der Waals surface area contributed by atoms with E-state index in [1.807, 2.05) is 0 Å². The van der Waals surface area contributed by atoms with Gasteiger partial charge in [0.15, 0.2) is 0 Å². The van der Waals surface area contributed by atoms with Gasteiger partial charge in [0, 0.05) is 4.57 Å². The quantitative estimate of drug-likeness (QED) is 0.396. The topological polar surface area (TPSA) is 57.5 Å². The Morgan fingerprint density at radius 1 is 0.611 bits per heavy atom. The molecule has 0 aromatic rings. The highest BCUT2D eigenvalue weighted by Crippen LogP contribution is 2.11. The molecule has 0 radical (unpaired) electrons. The average molecular weight is 279 g/mol. The Balaban J connectivity index is 0. The molecule has 0 amide bonds. The van der Waals surface area contributed by atoms with Gasteiger partial charge in [0.25, 0.3) is 0 Å². The monoisotopic (exact) mass is 279 g/mol. The molecule has 2 N–H and O–H groups in total. The zero-order valence-electron chi connectivity index (χ0n) is 12.2. The molecule has 18 heavy (non-hydrogen) atoms. The van der Waals surface area contributed by atoms with E-state index in [0.717, 1.165) is 0 Å². The average Bonchev–Trinajstić information content (AvgIpc) is 2.31. The molecule has 0 unspecified atom stereocenters. The molecule has 0 rings (SSSR count). The molecule has 0 fully saturated rings. The molecule has 0 aliphatic carbocycles. The van der Waals surface area contributed by atoms with Crippen molar-refractivity contribution in [3.8, 4) is 0 Å². The predicted octanol–water partition coefficient (Wildman–Crippen LogP) is 5.34. The first-order chi connectivity index (χ1) is 8.65. The molecule has 0 saturated carbocycles. The van der Waals surface area contributed by atoms with Crippen molar-refractivity contribution in [3.05, 3.63) is 0 Å². The molecule has 0 saturated heterocycles. The van der Waals surface area contributed by atoms with Gasteiger partial charge in [-0.2, -0.15) is 0 Å².